The summed E-state index contributed by atoms with van der Waals surface area (Å²) in [5, 5.41) is 5.00. The number of benzene rings is 1. The third-order valence-corrected chi connectivity index (χ3v) is 2.78. The van der Waals surface area contributed by atoms with E-state index < -0.39 is 6.03 Å². The second kappa shape index (κ2) is 5.95. The van der Waals surface area contributed by atoms with Crippen LogP contribution >= 0.6 is 0 Å². The van der Waals surface area contributed by atoms with Gasteiger partial charge in [0.2, 0.25) is 0 Å². The number of rotatable bonds is 4. The highest BCUT2D eigenvalue weighted by molar-refractivity contribution is 5.84. The molecule has 2 rings (SSSR count). The Labute approximate surface area is 111 Å². The zero-order chi connectivity index (χ0) is 13.7. The highest BCUT2D eigenvalue weighted by Crippen LogP contribution is 2.13. The molecule has 98 valence electrons. The number of amides is 2. The number of aromatic nitrogens is 1. The summed E-state index contributed by atoms with van der Waals surface area (Å²) in [7, 11) is 0. The zero-order valence-corrected chi connectivity index (χ0v) is 10.8. The molecule has 0 aliphatic heterocycles. The SMILES string of the molecule is C/C(CCc1cnc2ccccc2c1)=N\NC(N)=O. The summed E-state index contributed by atoms with van der Waals surface area (Å²) < 4.78 is 0. The third kappa shape index (κ3) is 3.77. The number of fused-ring (bicyclic) bond motifs is 1. The minimum atomic E-state index is -0.647. The molecule has 0 saturated heterocycles. The molecule has 0 atom stereocenters. The second-order valence-corrected chi connectivity index (χ2v) is 4.36. The minimum Gasteiger partial charge on any atom is -0.350 e. The number of hydrogen-bond donors (Lipinski definition) is 2. The van der Waals surface area contributed by atoms with Gasteiger partial charge in [-0.3, -0.25) is 4.98 Å². The van der Waals surface area contributed by atoms with Crippen LogP contribution in [0.5, 0.6) is 0 Å². The van der Waals surface area contributed by atoms with Crippen LogP contribution in [0.3, 0.4) is 0 Å². The molecular formula is C14H16N4O. The first-order valence-corrected chi connectivity index (χ1v) is 6.07. The summed E-state index contributed by atoms with van der Waals surface area (Å²) in [5.41, 5.74) is 10.1. The first-order valence-electron chi connectivity index (χ1n) is 6.07. The summed E-state index contributed by atoms with van der Waals surface area (Å²) in [6.45, 7) is 1.85. The van der Waals surface area contributed by atoms with Crippen molar-refractivity contribution < 1.29 is 4.79 Å². The predicted molar refractivity (Wildman–Crippen MR) is 75.9 cm³/mol. The van der Waals surface area contributed by atoms with Crippen LogP contribution < -0.4 is 11.2 Å². The highest BCUT2D eigenvalue weighted by Gasteiger charge is 1.99. The highest BCUT2D eigenvalue weighted by atomic mass is 16.2. The van der Waals surface area contributed by atoms with Crippen LogP contribution in [-0.4, -0.2) is 16.7 Å². The van der Waals surface area contributed by atoms with E-state index >= 15 is 0 Å². The molecule has 0 saturated carbocycles. The first-order chi connectivity index (χ1) is 9.15. The Morgan fingerprint density at radius 3 is 3.00 bits per heavy atom. The van der Waals surface area contributed by atoms with Crippen LogP contribution in [0.4, 0.5) is 4.79 Å². The molecule has 0 aliphatic carbocycles. The molecule has 0 unspecified atom stereocenters. The van der Waals surface area contributed by atoms with Crippen molar-refractivity contribution >= 4 is 22.6 Å². The van der Waals surface area contributed by atoms with Crippen LogP contribution in [0.2, 0.25) is 0 Å². The average Bonchev–Trinajstić information content (AvgIpc) is 2.42. The molecule has 3 N–H and O–H groups in total. The third-order valence-electron chi connectivity index (χ3n) is 2.78. The van der Waals surface area contributed by atoms with Crippen LogP contribution in [0.1, 0.15) is 18.9 Å². The molecule has 0 fully saturated rings. The van der Waals surface area contributed by atoms with Crippen molar-refractivity contribution in [3.8, 4) is 0 Å². The molecule has 0 bridgehead atoms. The van der Waals surface area contributed by atoms with E-state index in [0.29, 0.717) is 0 Å². The summed E-state index contributed by atoms with van der Waals surface area (Å²) in [6.07, 6.45) is 3.45. The van der Waals surface area contributed by atoms with Crippen molar-refractivity contribution in [3.05, 3.63) is 42.1 Å². The van der Waals surface area contributed by atoms with Gasteiger partial charge >= 0.3 is 6.03 Å². The molecular weight excluding hydrogens is 240 g/mol. The van der Waals surface area contributed by atoms with Crippen LogP contribution in [0.15, 0.2) is 41.6 Å². The lowest BCUT2D eigenvalue weighted by atomic mass is 10.1. The fourth-order valence-electron chi connectivity index (χ4n) is 1.78. The number of aryl methyl sites for hydroxylation is 1. The normalized spacial score (nSPS) is 11.5. The van der Waals surface area contributed by atoms with E-state index in [9.17, 15) is 4.79 Å². The Bertz CT molecular complexity index is 622. The van der Waals surface area contributed by atoms with E-state index in [4.69, 9.17) is 5.73 Å². The molecule has 19 heavy (non-hydrogen) atoms. The van der Waals surface area contributed by atoms with Gasteiger partial charge in [-0.2, -0.15) is 5.10 Å². The minimum absolute atomic E-state index is 0.647. The van der Waals surface area contributed by atoms with Gasteiger partial charge < -0.3 is 5.73 Å². The van der Waals surface area contributed by atoms with Crippen molar-refractivity contribution in [1.82, 2.24) is 10.4 Å². The van der Waals surface area contributed by atoms with Gasteiger partial charge in [0.05, 0.1) is 5.52 Å². The maximum atomic E-state index is 10.5. The predicted octanol–water partition coefficient (Wildman–Crippen LogP) is 2.21. The monoisotopic (exact) mass is 256 g/mol. The number of para-hydroxylation sites is 1. The van der Waals surface area contributed by atoms with E-state index in [1.165, 1.54) is 0 Å². The van der Waals surface area contributed by atoms with Gasteiger partial charge in [0, 0.05) is 17.3 Å². The Morgan fingerprint density at radius 1 is 1.42 bits per heavy atom. The van der Waals surface area contributed by atoms with Crippen LogP contribution in [0.25, 0.3) is 10.9 Å². The van der Waals surface area contributed by atoms with Crippen molar-refractivity contribution in [2.45, 2.75) is 19.8 Å². The van der Waals surface area contributed by atoms with E-state index in [0.717, 1.165) is 35.0 Å². The molecule has 2 aromatic rings. The largest absolute Gasteiger partial charge is 0.350 e. The second-order valence-electron chi connectivity index (χ2n) is 4.36. The lowest BCUT2D eigenvalue weighted by Gasteiger charge is -2.03. The van der Waals surface area contributed by atoms with Gasteiger partial charge in [0.1, 0.15) is 0 Å². The summed E-state index contributed by atoms with van der Waals surface area (Å²) in [5.74, 6) is 0. The number of nitrogens with one attached hydrogen (secondary N) is 1. The molecule has 5 nitrogen and oxygen atoms in total. The summed E-state index contributed by atoms with van der Waals surface area (Å²) >= 11 is 0. The lowest BCUT2D eigenvalue weighted by molar-refractivity contribution is 0.249. The number of carbonyl (C=O) groups excluding carboxylic acids is 1. The van der Waals surface area contributed by atoms with E-state index in [1.807, 2.05) is 37.4 Å². The number of nitrogens with two attached hydrogens (primary N) is 1. The Kier molecular flexibility index (Phi) is 4.07. The van der Waals surface area contributed by atoms with E-state index in [-0.39, 0.29) is 0 Å². The Balaban J connectivity index is 2.01. The topological polar surface area (TPSA) is 80.4 Å². The first kappa shape index (κ1) is 13.0. The molecule has 1 aromatic carbocycles. The van der Waals surface area contributed by atoms with Crippen molar-refractivity contribution in [2.75, 3.05) is 0 Å². The van der Waals surface area contributed by atoms with Gasteiger partial charge in [0.15, 0.2) is 0 Å². The maximum absolute atomic E-state index is 10.5. The standard InChI is InChI=1S/C14H16N4O/c1-10(17-18-14(15)19)6-7-11-8-12-4-2-3-5-13(12)16-9-11/h2-5,8-9H,6-7H2,1H3,(H3,15,18,19)/b17-10+. The molecule has 0 aliphatic rings. The average molecular weight is 256 g/mol. The van der Waals surface area contributed by atoms with Gasteiger partial charge in [-0.15, -0.1) is 0 Å². The summed E-state index contributed by atoms with van der Waals surface area (Å²) in [6, 6.07) is 9.48. The van der Waals surface area contributed by atoms with Gasteiger partial charge in [-0.05, 0) is 37.5 Å². The molecule has 0 spiro atoms. The fraction of sp³-hybridized carbons (Fsp3) is 0.214. The van der Waals surface area contributed by atoms with E-state index in [2.05, 4.69) is 21.6 Å². The molecule has 5 heteroatoms. The number of nitrogens with zero attached hydrogens (tertiary/aromatic N) is 2. The van der Waals surface area contributed by atoms with Gasteiger partial charge in [-0.1, -0.05) is 18.2 Å². The number of hydrazone groups is 1. The molecule has 1 heterocycles. The summed E-state index contributed by atoms with van der Waals surface area (Å²) in [4.78, 5) is 14.9. The van der Waals surface area contributed by atoms with Crippen LogP contribution in [0, 0.1) is 0 Å². The molecule has 1 aromatic heterocycles. The number of primary amides is 1. The smallest absolute Gasteiger partial charge is 0.332 e. The van der Waals surface area contributed by atoms with Gasteiger partial charge in [-0.25, -0.2) is 10.2 Å². The number of urea groups is 1. The number of carbonyl (C=O) groups is 1. The fourth-order valence-corrected chi connectivity index (χ4v) is 1.78. The van der Waals surface area contributed by atoms with Crippen LogP contribution in [-0.2, 0) is 6.42 Å². The Hall–Kier alpha value is -2.43. The quantitative estimate of drug-likeness (QED) is 0.649. The number of pyridine rings is 1. The lowest BCUT2D eigenvalue weighted by Crippen LogP contribution is -2.25. The zero-order valence-electron chi connectivity index (χ0n) is 10.8. The molecule has 2 amide bonds. The van der Waals surface area contributed by atoms with Crippen molar-refractivity contribution in [1.29, 1.82) is 0 Å². The van der Waals surface area contributed by atoms with Gasteiger partial charge in [0.25, 0.3) is 0 Å². The molecule has 0 radical (unpaired) electrons. The Morgan fingerprint density at radius 2 is 2.21 bits per heavy atom. The number of hydrogen-bond acceptors (Lipinski definition) is 3. The van der Waals surface area contributed by atoms with E-state index in [1.54, 1.807) is 0 Å². The maximum Gasteiger partial charge on any atom is 0.332 e. The van der Waals surface area contributed by atoms with Crippen molar-refractivity contribution in [3.63, 3.8) is 0 Å². The van der Waals surface area contributed by atoms with Crippen molar-refractivity contribution in [2.24, 2.45) is 10.8 Å².